The summed E-state index contributed by atoms with van der Waals surface area (Å²) in [6, 6.07) is 7.00. The standard InChI is InChI=1S/C15H13Cl2N3O/c1-3-10-11(8-18)15(20-19-13(10)4-2)21-14-7-9(16)5-6-12(14)17/h5-7H,3-4H2,1-2H3. The lowest BCUT2D eigenvalue weighted by molar-refractivity contribution is 0.451. The van der Waals surface area contributed by atoms with Crippen LogP contribution in [0.3, 0.4) is 0 Å². The second kappa shape index (κ2) is 6.75. The molecular weight excluding hydrogens is 309 g/mol. The van der Waals surface area contributed by atoms with Gasteiger partial charge in [-0.25, -0.2) is 0 Å². The van der Waals surface area contributed by atoms with Gasteiger partial charge < -0.3 is 4.74 Å². The lowest BCUT2D eigenvalue weighted by Gasteiger charge is -2.12. The molecular formula is C15H13Cl2N3O. The van der Waals surface area contributed by atoms with E-state index in [4.69, 9.17) is 27.9 Å². The molecule has 0 aliphatic heterocycles. The van der Waals surface area contributed by atoms with Gasteiger partial charge in [-0.05, 0) is 30.5 Å². The average molecular weight is 322 g/mol. The van der Waals surface area contributed by atoms with Crippen LogP contribution in [-0.4, -0.2) is 10.2 Å². The summed E-state index contributed by atoms with van der Waals surface area (Å²) in [4.78, 5) is 0. The summed E-state index contributed by atoms with van der Waals surface area (Å²) in [5, 5.41) is 18.4. The molecule has 0 bridgehead atoms. The second-order valence-corrected chi connectivity index (χ2v) is 5.14. The molecule has 108 valence electrons. The molecule has 0 fully saturated rings. The summed E-state index contributed by atoms with van der Waals surface area (Å²) in [7, 11) is 0. The fourth-order valence-corrected chi connectivity index (χ4v) is 2.32. The molecule has 21 heavy (non-hydrogen) atoms. The van der Waals surface area contributed by atoms with E-state index in [9.17, 15) is 5.26 Å². The van der Waals surface area contributed by atoms with Crippen molar-refractivity contribution in [2.75, 3.05) is 0 Å². The number of nitrogens with zero attached hydrogens (tertiary/aromatic N) is 3. The summed E-state index contributed by atoms with van der Waals surface area (Å²) in [5.41, 5.74) is 2.04. The Balaban J connectivity index is 2.50. The maximum Gasteiger partial charge on any atom is 0.257 e. The van der Waals surface area contributed by atoms with Gasteiger partial charge in [0.05, 0.1) is 10.7 Å². The lowest BCUT2D eigenvalue weighted by Crippen LogP contribution is -2.05. The van der Waals surface area contributed by atoms with E-state index in [2.05, 4.69) is 16.3 Å². The number of halogens is 2. The molecule has 0 radical (unpaired) electrons. The van der Waals surface area contributed by atoms with Crippen LogP contribution in [0.4, 0.5) is 0 Å². The molecule has 0 saturated carbocycles. The number of aryl methyl sites for hydroxylation is 1. The van der Waals surface area contributed by atoms with Crippen molar-refractivity contribution in [2.24, 2.45) is 0 Å². The largest absolute Gasteiger partial charge is 0.435 e. The highest BCUT2D eigenvalue weighted by atomic mass is 35.5. The molecule has 0 unspecified atom stereocenters. The maximum atomic E-state index is 9.40. The van der Waals surface area contributed by atoms with Crippen molar-refractivity contribution in [3.05, 3.63) is 45.1 Å². The Kier molecular flexibility index (Phi) is 5.00. The first-order valence-electron chi connectivity index (χ1n) is 6.52. The van der Waals surface area contributed by atoms with Gasteiger partial charge in [-0.2, -0.15) is 10.4 Å². The smallest absolute Gasteiger partial charge is 0.257 e. The summed E-state index contributed by atoms with van der Waals surface area (Å²) >= 11 is 12.0. The molecule has 0 aliphatic rings. The van der Waals surface area contributed by atoms with Gasteiger partial charge >= 0.3 is 0 Å². The van der Waals surface area contributed by atoms with Gasteiger partial charge in [0.1, 0.15) is 17.4 Å². The van der Waals surface area contributed by atoms with Gasteiger partial charge in [-0.3, -0.25) is 0 Å². The quantitative estimate of drug-likeness (QED) is 0.827. The highest BCUT2D eigenvalue weighted by Crippen LogP contribution is 2.33. The van der Waals surface area contributed by atoms with Gasteiger partial charge in [-0.15, -0.1) is 5.10 Å². The van der Waals surface area contributed by atoms with Crippen molar-refractivity contribution < 1.29 is 4.74 Å². The molecule has 2 rings (SSSR count). The molecule has 0 aliphatic carbocycles. The topological polar surface area (TPSA) is 58.8 Å². The molecule has 1 aromatic carbocycles. The average Bonchev–Trinajstić information content (AvgIpc) is 2.50. The highest BCUT2D eigenvalue weighted by Gasteiger charge is 2.17. The van der Waals surface area contributed by atoms with Crippen molar-refractivity contribution in [3.63, 3.8) is 0 Å². The normalized spacial score (nSPS) is 10.2. The molecule has 2 aromatic rings. The van der Waals surface area contributed by atoms with Crippen LogP contribution < -0.4 is 4.74 Å². The van der Waals surface area contributed by atoms with Crippen LogP contribution in [0.5, 0.6) is 11.6 Å². The van der Waals surface area contributed by atoms with Gasteiger partial charge in [0, 0.05) is 11.1 Å². The van der Waals surface area contributed by atoms with Crippen LogP contribution >= 0.6 is 23.2 Å². The van der Waals surface area contributed by atoms with E-state index in [-0.39, 0.29) is 5.88 Å². The van der Waals surface area contributed by atoms with Gasteiger partial charge in [0.2, 0.25) is 0 Å². The van der Waals surface area contributed by atoms with Crippen LogP contribution in [0, 0.1) is 11.3 Å². The third-order valence-electron chi connectivity index (χ3n) is 3.03. The van der Waals surface area contributed by atoms with Gasteiger partial charge in [0.15, 0.2) is 0 Å². The Bertz CT molecular complexity index is 711. The van der Waals surface area contributed by atoms with Crippen LogP contribution in [-0.2, 0) is 12.8 Å². The number of hydrogen-bond donors (Lipinski definition) is 0. The Labute approximate surface area is 133 Å². The molecule has 6 heteroatoms. The number of benzene rings is 1. The van der Waals surface area contributed by atoms with Crippen molar-refractivity contribution in [1.82, 2.24) is 10.2 Å². The highest BCUT2D eigenvalue weighted by molar-refractivity contribution is 6.34. The Morgan fingerprint density at radius 2 is 1.95 bits per heavy atom. The first-order valence-corrected chi connectivity index (χ1v) is 7.27. The first-order chi connectivity index (χ1) is 10.1. The summed E-state index contributed by atoms with van der Waals surface area (Å²) < 4.78 is 5.64. The Morgan fingerprint density at radius 3 is 2.57 bits per heavy atom. The van der Waals surface area contributed by atoms with Gasteiger partial charge in [0.25, 0.3) is 5.88 Å². The van der Waals surface area contributed by atoms with Crippen molar-refractivity contribution in [3.8, 4) is 17.7 Å². The second-order valence-electron chi connectivity index (χ2n) is 4.30. The molecule has 0 spiro atoms. The lowest BCUT2D eigenvalue weighted by atomic mass is 10.0. The molecule has 0 amide bonds. The number of nitriles is 1. The molecule has 0 saturated heterocycles. The van der Waals surface area contributed by atoms with Crippen LogP contribution in [0.2, 0.25) is 10.0 Å². The summed E-state index contributed by atoms with van der Waals surface area (Å²) in [6.07, 6.45) is 1.39. The monoisotopic (exact) mass is 321 g/mol. The number of hydrogen-bond acceptors (Lipinski definition) is 4. The van der Waals surface area contributed by atoms with Crippen LogP contribution in [0.15, 0.2) is 18.2 Å². The minimum Gasteiger partial charge on any atom is -0.435 e. The molecule has 1 heterocycles. The zero-order valence-corrected chi connectivity index (χ0v) is 13.2. The van der Waals surface area contributed by atoms with E-state index in [1.165, 1.54) is 0 Å². The molecule has 0 atom stereocenters. The zero-order chi connectivity index (χ0) is 15.4. The minimum atomic E-state index is 0.149. The van der Waals surface area contributed by atoms with E-state index < -0.39 is 0 Å². The Morgan fingerprint density at radius 1 is 1.19 bits per heavy atom. The Hall–Kier alpha value is -1.83. The fourth-order valence-electron chi connectivity index (χ4n) is 2.00. The maximum absolute atomic E-state index is 9.40. The van der Waals surface area contributed by atoms with Crippen molar-refractivity contribution in [2.45, 2.75) is 26.7 Å². The van der Waals surface area contributed by atoms with Crippen LogP contribution in [0.25, 0.3) is 0 Å². The molecule has 0 N–H and O–H groups in total. The predicted octanol–water partition coefficient (Wildman–Crippen LogP) is 4.57. The van der Waals surface area contributed by atoms with E-state index in [0.717, 1.165) is 11.3 Å². The summed E-state index contributed by atoms with van der Waals surface area (Å²) in [5.74, 6) is 0.497. The number of aromatic nitrogens is 2. The van der Waals surface area contributed by atoms with E-state index in [1.54, 1.807) is 18.2 Å². The van der Waals surface area contributed by atoms with Crippen molar-refractivity contribution in [1.29, 1.82) is 5.26 Å². The third kappa shape index (κ3) is 3.26. The summed E-state index contributed by atoms with van der Waals surface area (Å²) in [6.45, 7) is 3.94. The minimum absolute atomic E-state index is 0.149. The van der Waals surface area contributed by atoms with Gasteiger partial charge in [-0.1, -0.05) is 37.0 Å². The number of ether oxygens (including phenoxy) is 1. The van der Waals surface area contributed by atoms with Crippen molar-refractivity contribution >= 4 is 23.2 Å². The van der Waals surface area contributed by atoms with E-state index in [0.29, 0.717) is 34.2 Å². The molecule has 4 nitrogen and oxygen atoms in total. The zero-order valence-electron chi connectivity index (χ0n) is 11.7. The molecule has 1 aromatic heterocycles. The van der Waals surface area contributed by atoms with Crippen LogP contribution in [0.1, 0.15) is 30.7 Å². The predicted molar refractivity (Wildman–Crippen MR) is 82.0 cm³/mol. The van der Waals surface area contributed by atoms with E-state index >= 15 is 0 Å². The SMILES string of the molecule is CCc1nnc(Oc2cc(Cl)ccc2Cl)c(C#N)c1CC. The first kappa shape index (κ1) is 15.6. The fraction of sp³-hybridized carbons (Fsp3) is 0.267. The number of rotatable bonds is 4. The third-order valence-corrected chi connectivity index (χ3v) is 3.57. The van der Waals surface area contributed by atoms with E-state index in [1.807, 2.05) is 13.8 Å².